The van der Waals surface area contributed by atoms with E-state index in [4.69, 9.17) is 23.8 Å². The molecule has 0 bridgehead atoms. The van der Waals surface area contributed by atoms with Crippen LogP contribution in [0.25, 0.3) is 5.69 Å². The van der Waals surface area contributed by atoms with Gasteiger partial charge in [0.15, 0.2) is 5.11 Å². The van der Waals surface area contributed by atoms with Crippen molar-refractivity contribution >= 4 is 28.9 Å². The number of nitrogens with one attached hydrogen (secondary N) is 1. The summed E-state index contributed by atoms with van der Waals surface area (Å²) in [6.45, 7) is 4.91. The molecule has 1 fully saturated rings. The first kappa shape index (κ1) is 21.6. The number of thiocarbonyl (C=S) groups is 1. The monoisotopic (exact) mass is 473 g/mol. The van der Waals surface area contributed by atoms with Crippen molar-refractivity contribution in [3.05, 3.63) is 112 Å². The van der Waals surface area contributed by atoms with Crippen LogP contribution in [0.5, 0.6) is 0 Å². The van der Waals surface area contributed by atoms with Crippen molar-refractivity contribution in [2.75, 3.05) is 0 Å². The SMILES string of the molecule is Cc1cc([C@@H]2[C@H](c3ccccn3)NC(=S)N2Cc2ccccn2)c(C)n1-c1ccc(Cl)cc1. The lowest BCUT2D eigenvalue weighted by Crippen LogP contribution is -2.29. The van der Waals surface area contributed by atoms with Crippen LogP contribution in [0.1, 0.15) is 40.4 Å². The van der Waals surface area contributed by atoms with E-state index >= 15 is 0 Å². The van der Waals surface area contributed by atoms with Crippen LogP contribution in [-0.2, 0) is 6.54 Å². The van der Waals surface area contributed by atoms with Gasteiger partial charge in [-0.1, -0.05) is 23.7 Å². The summed E-state index contributed by atoms with van der Waals surface area (Å²) in [6, 6.07) is 22.1. The second-order valence-electron chi connectivity index (χ2n) is 8.21. The minimum absolute atomic E-state index is 0.0262. The third kappa shape index (κ3) is 4.12. The predicted molar refractivity (Wildman–Crippen MR) is 135 cm³/mol. The molecule has 1 aromatic carbocycles. The molecule has 4 aromatic rings. The summed E-state index contributed by atoms with van der Waals surface area (Å²) in [5.74, 6) is 0. The van der Waals surface area contributed by atoms with Gasteiger partial charge < -0.3 is 14.8 Å². The number of halogens is 1. The van der Waals surface area contributed by atoms with Crippen LogP contribution >= 0.6 is 23.8 Å². The van der Waals surface area contributed by atoms with Gasteiger partial charge in [-0.25, -0.2) is 0 Å². The molecule has 2 atom stereocenters. The Kier molecular flexibility index (Phi) is 5.87. The van der Waals surface area contributed by atoms with Gasteiger partial charge in [-0.05, 0) is 86.2 Å². The van der Waals surface area contributed by atoms with Crippen LogP contribution < -0.4 is 5.32 Å². The largest absolute Gasteiger partial charge is 0.352 e. The van der Waals surface area contributed by atoms with E-state index in [1.807, 2.05) is 67.0 Å². The zero-order chi connectivity index (χ0) is 22.9. The van der Waals surface area contributed by atoms with Crippen LogP contribution in [0.3, 0.4) is 0 Å². The Labute approximate surface area is 204 Å². The molecule has 0 amide bonds. The molecule has 1 aliphatic rings. The highest BCUT2D eigenvalue weighted by Gasteiger charge is 2.41. The molecule has 0 spiro atoms. The molecule has 0 aliphatic carbocycles. The topological polar surface area (TPSA) is 46.0 Å². The maximum atomic E-state index is 6.14. The van der Waals surface area contributed by atoms with Crippen LogP contribution in [0.4, 0.5) is 0 Å². The maximum Gasteiger partial charge on any atom is 0.170 e. The summed E-state index contributed by atoms with van der Waals surface area (Å²) in [4.78, 5) is 11.4. The molecule has 0 radical (unpaired) electrons. The molecule has 4 heterocycles. The number of nitrogens with zero attached hydrogens (tertiary/aromatic N) is 4. The quantitative estimate of drug-likeness (QED) is 0.376. The molecule has 7 heteroatoms. The van der Waals surface area contributed by atoms with Gasteiger partial charge in [0.2, 0.25) is 0 Å². The molecule has 1 N–H and O–H groups in total. The molecule has 5 nitrogen and oxygen atoms in total. The molecule has 0 unspecified atom stereocenters. The summed E-state index contributed by atoms with van der Waals surface area (Å²) >= 11 is 12.0. The molecule has 33 heavy (non-hydrogen) atoms. The van der Waals surface area contributed by atoms with Crippen molar-refractivity contribution in [3.63, 3.8) is 0 Å². The molecule has 1 saturated heterocycles. The Morgan fingerprint density at radius 3 is 2.36 bits per heavy atom. The van der Waals surface area contributed by atoms with E-state index < -0.39 is 0 Å². The first-order chi connectivity index (χ1) is 16.0. The highest BCUT2D eigenvalue weighted by molar-refractivity contribution is 7.80. The normalized spacial score (nSPS) is 17.9. The average Bonchev–Trinajstić information content (AvgIpc) is 3.31. The molecular formula is C26H24ClN5S. The van der Waals surface area contributed by atoms with Gasteiger partial charge in [-0.2, -0.15) is 0 Å². The van der Waals surface area contributed by atoms with Gasteiger partial charge in [0.25, 0.3) is 0 Å². The summed E-state index contributed by atoms with van der Waals surface area (Å²) < 4.78 is 2.27. The van der Waals surface area contributed by atoms with E-state index in [-0.39, 0.29) is 12.1 Å². The van der Waals surface area contributed by atoms with Crippen LogP contribution in [0, 0.1) is 13.8 Å². The Morgan fingerprint density at radius 1 is 0.970 bits per heavy atom. The number of aromatic nitrogens is 3. The lowest BCUT2D eigenvalue weighted by Gasteiger charge is -2.28. The van der Waals surface area contributed by atoms with Gasteiger partial charge in [-0.15, -0.1) is 0 Å². The fourth-order valence-electron chi connectivity index (χ4n) is 4.66. The van der Waals surface area contributed by atoms with Crippen molar-refractivity contribution < 1.29 is 0 Å². The van der Waals surface area contributed by atoms with Gasteiger partial charge in [0.1, 0.15) is 0 Å². The van der Waals surface area contributed by atoms with Crippen molar-refractivity contribution in [2.24, 2.45) is 0 Å². The fraction of sp³-hybridized carbons (Fsp3) is 0.192. The summed E-state index contributed by atoms with van der Waals surface area (Å²) in [5.41, 5.74) is 6.55. The van der Waals surface area contributed by atoms with Gasteiger partial charge in [0, 0.05) is 34.5 Å². The summed E-state index contributed by atoms with van der Waals surface area (Å²) in [5, 5.41) is 4.96. The first-order valence-corrected chi connectivity index (χ1v) is 11.6. The number of aryl methyl sites for hydroxylation is 1. The highest BCUT2D eigenvalue weighted by Crippen LogP contribution is 2.42. The number of hydrogen-bond acceptors (Lipinski definition) is 3. The van der Waals surface area contributed by atoms with Gasteiger partial charge >= 0.3 is 0 Å². The molecule has 3 aromatic heterocycles. The van der Waals surface area contributed by atoms with Crippen LogP contribution in [0.15, 0.2) is 79.1 Å². The minimum Gasteiger partial charge on any atom is -0.352 e. The van der Waals surface area contributed by atoms with Crippen LogP contribution in [-0.4, -0.2) is 24.5 Å². The lowest BCUT2D eigenvalue weighted by atomic mass is 9.96. The van der Waals surface area contributed by atoms with E-state index in [1.165, 1.54) is 11.3 Å². The van der Waals surface area contributed by atoms with Gasteiger partial charge in [-0.3, -0.25) is 9.97 Å². The Bertz CT molecular complexity index is 1270. The average molecular weight is 474 g/mol. The highest BCUT2D eigenvalue weighted by atomic mass is 35.5. The molecule has 166 valence electrons. The minimum atomic E-state index is -0.0680. The molecule has 1 aliphatic heterocycles. The van der Waals surface area contributed by atoms with Gasteiger partial charge in [0.05, 0.1) is 30.0 Å². The van der Waals surface area contributed by atoms with E-state index in [0.717, 1.165) is 27.8 Å². The van der Waals surface area contributed by atoms with Crippen molar-refractivity contribution in [1.29, 1.82) is 0 Å². The summed E-state index contributed by atoms with van der Waals surface area (Å²) in [7, 11) is 0. The number of rotatable bonds is 5. The predicted octanol–water partition coefficient (Wildman–Crippen LogP) is 5.71. The standard InChI is InChI=1S/C26H24ClN5S/c1-17-15-22(18(2)32(17)21-11-9-19(27)10-12-21)25-24(23-8-4-6-14-29-23)30-26(33)31(25)16-20-7-3-5-13-28-20/h3-15,24-25H,16H2,1-2H3,(H,30,33)/t24-,25+/m0/s1. The maximum absolute atomic E-state index is 6.14. The smallest absolute Gasteiger partial charge is 0.170 e. The number of pyridine rings is 2. The Morgan fingerprint density at radius 2 is 1.70 bits per heavy atom. The van der Waals surface area contributed by atoms with E-state index in [2.05, 4.69) is 50.7 Å². The van der Waals surface area contributed by atoms with Crippen molar-refractivity contribution in [1.82, 2.24) is 24.8 Å². The van der Waals surface area contributed by atoms with E-state index in [1.54, 1.807) is 0 Å². The van der Waals surface area contributed by atoms with Crippen molar-refractivity contribution in [3.8, 4) is 5.69 Å². The van der Waals surface area contributed by atoms with E-state index in [9.17, 15) is 0 Å². The number of benzene rings is 1. The second-order valence-corrected chi connectivity index (χ2v) is 9.04. The third-order valence-corrected chi connectivity index (χ3v) is 6.73. The zero-order valence-electron chi connectivity index (χ0n) is 18.4. The number of hydrogen-bond donors (Lipinski definition) is 1. The molecule has 0 saturated carbocycles. The Balaban J connectivity index is 1.61. The van der Waals surface area contributed by atoms with E-state index in [0.29, 0.717) is 11.7 Å². The Hall–Kier alpha value is -3.22. The van der Waals surface area contributed by atoms with Crippen molar-refractivity contribution in [2.45, 2.75) is 32.5 Å². The zero-order valence-corrected chi connectivity index (χ0v) is 20.0. The molecular weight excluding hydrogens is 450 g/mol. The fourth-order valence-corrected chi connectivity index (χ4v) is 5.09. The lowest BCUT2D eigenvalue weighted by molar-refractivity contribution is 0.307. The summed E-state index contributed by atoms with van der Waals surface area (Å²) in [6.07, 6.45) is 3.65. The third-order valence-electron chi connectivity index (χ3n) is 6.13. The first-order valence-electron chi connectivity index (χ1n) is 10.9. The molecule has 5 rings (SSSR count). The second kappa shape index (κ2) is 8.96. The van der Waals surface area contributed by atoms with Crippen LogP contribution in [0.2, 0.25) is 5.02 Å².